The Morgan fingerprint density at radius 3 is 2.76 bits per heavy atom. The summed E-state index contributed by atoms with van der Waals surface area (Å²) in [6.07, 6.45) is 1.61. The first-order chi connectivity index (χ1) is 8.03. The van der Waals surface area contributed by atoms with Crippen molar-refractivity contribution in [2.75, 3.05) is 13.0 Å². The minimum atomic E-state index is -4.26. The van der Waals surface area contributed by atoms with Crippen molar-refractivity contribution in [3.63, 3.8) is 0 Å². The van der Waals surface area contributed by atoms with Gasteiger partial charge in [-0.1, -0.05) is 6.07 Å². The molecule has 94 valence electrons. The highest BCUT2D eigenvalue weighted by atomic mass is 32.2. The van der Waals surface area contributed by atoms with Crippen LogP contribution in [0.25, 0.3) is 0 Å². The van der Waals surface area contributed by atoms with Crippen LogP contribution in [0.4, 0.5) is 4.39 Å². The summed E-state index contributed by atoms with van der Waals surface area (Å²) in [5.41, 5.74) is 0. The molecule has 9 heteroatoms. The van der Waals surface area contributed by atoms with E-state index < -0.39 is 36.3 Å². The second kappa shape index (κ2) is 6.42. The van der Waals surface area contributed by atoms with E-state index >= 15 is 0 Å². The zero-order valence-corrected chi connectivity index (χ0v) is 11.3. The Hall–Kier alpha value is -0.530. The molecule has 0 aliphatic heterocycles. The van der Waals surface area contributed by atoms with Crippen LogP contribution >= 0.6 is 20.4 Å². The molecule has 0 aromatic heterocycles. The van der Waals surface area contributed by atoms with E-state index in [4.69, 9.17) is 0 Å². The molecule has 0 saturated carbocycles. The maximum atomic E-state index is 13.5. The zero-order chi connectivity index (χ0) is 12.9. The highest BCUT2D eigenvalue weighted by molar-refractivity contribution is 7.99. The topological polar surface area (TPSA) is 69.7 Å². The van der Waals surface area contributed by atoms with Gasteiger partial charge in [0.25, 0.3) is 0 Å². The average Bonchev–Trinajstić information content (AvgIpc) is 2.28. The van der Waals surface area contributed by atoms with Crippen molar-refractivity contribution in [1.82, 2.24) is 0 Å². The van der Waals surface area contributed by atoms with Crippen molar-refractivity contribution in [3.05, 3.63) is 24.0 Å². The predicted octanol–water partition coefficient (Wildman–Crippen LogP) is 2.17. The second-order valence-electron chi connectivity index (χ2n) is 2.69. The van der Waals surface area contributed by atoms with Crippen LogP contribution in [-0.4, -0.2) is 21.5 Å². The number of hydrogen-bond donors (Lipinski definition) is 0. The molecule has 0 amide bonds. The quantitative estimate of drug-likeness (QED) is 0.264. The number of benzene rings is 1. The van der Waals surface area contributed by atoms with Crippen LogP contribution in [0.2, 0.25) is 0 Å². The Labute approximate surface area is 104 Å². The molecule has 0 aliphatic rings. The maximum absolute atomic E-state index is 13.5. The van der Waals surface area contributed by atoms with Crippen molar-refractivity contribution < 1.29 is 26.1 Å². The molecule has 1 aromatic carbocycles. The molecule has 0 aliphatic carbocycles. The first-order valence-corrected chi connectivity index (χ1v) is 7.68. The molecule has 17 heavy (non-hydrogen) atoms. The SMILES string of the molecule is CSc1cccc(F)c1S(=O)(=O)OCO[PH+]=O. The van der Waals surface area contributed by atoms with Gasteiger partial charge >= 0.3 is 18.8 Å². The van der Waals surface area contributed by atoms with Gasteiger partial charge in [0.2, 0.25) is 6.79 Å². The Bertz CT molecular complexity index is 505. The highest BCUT2D eigenvalue weighted by Crippen LogP contribution is 2.28. The van der Waals surface area contributed by atoms with Gasteiger partial charge in [0, 0.05) is 4.90 Å². The third-order valence-corrected chi connectivity index (χ3v) is 4.19. The van der Waals surface area contributed by atoms with E-state index in [1.807, 2.05) is 0 Å². The van der Waals surface area contributed by atoms with Gasteiger partial charge in [-0.3, -0.25) is 0 Å². The molecule has 0 bridgehead atoms. The lowest BCUT2D eigenvalue weighted by molar-refractivity contribution is 0.139. The number of rotatable bonds is 6. The number of halogens is 1. The standard InChI is InChI=1S/C8H9FO5PS2/c1-16-7-4-2-3-6(9)8(7)17(11,12)14-5-13-15-10/h2-4,15H,5H2,1H3/q+1. The Morgan fingerprint density at radius 2 is 2.18 bits per heavy atom. The average molecular weight is 299 g/mol. The molecule has 1 atom stereocenters. The van der Waals surface area contributed by atoms with Crippen LogP contribution in [0.5, 0.6) is 0 Å². The van der Waals surface area contributed by atoms with Crippen LogP contribution in [0, 0.1) is 5.82 Å². The molecule has 1 aromatic rings. The third kappa shape index (κ3) is 3.72. The van der Waals surface area contributed by atoms with E-state index in [0.29, 0.717) is 0 Å². The molecule has 0 radical (unpaired) electrons. The Morgan fingerprint density at radius 1 is 1.47 bits per heavy atom. The Kier molecular flexibility index (Phi) is 5.48. The molecular weight excluding hydrogens is 290 g/mol. The normalized spacial score (nSPS) is 11.9. The lowest BCUT2D eigenvalue weighted by Crippen LogP contribution is -2.10. The fourth-order valence-corrected chi connectivity index (χ4v) is 3.22. The van der Waals surface area contributed by atoms with E-state index in [-0.39, 0.29) is 4.90 Å². The Balaban J connectivity index is 3.09. The summed E-state index contributed by atoms with van der Waals surface area (Å²) in [5.74, 6) is -0.901. The smallest absolute Gasteiger partial charge is 0.232 e. The summed E-state index contributed by atoms with van der Waals surface area (Å²) in [5, 5.41) is 0. The molecular formula is C8H9FO5PS2+. The largest absolute Gasteiger partial charge is 0.496 e. The van der Waals surface area contributed by atoms with Crippen molar-refractivity contribution in [1.29, 1.82) is 0 Å². The number of hydrogen-bond acceptors (Lipinski definition) is 6. The van der Waals surface area contributed by atoms with Gasteiger partial charge in [0.05, 0.1) is 0 Å². The molecule has 0 saturated heterocycles. The predicted molar refractivity (Wildman–Crippen MR) is 61.4 cm³/mol. The second-order valence-corrected chi connectivity index (χ2v) is 5.54. The van der Waals surface area contributed by atoms with E-state index in [9.17, 15) is 17.4 Å². The van der Waals surface area contributed by atoms with Crippen LogP contribution in [0.1, 0.15) is 0 Å². The van der Waals surface area contributed by atoms with E-state index in [1.165, 1.54) is 12.1 Å². The molecule has 1 unspecified atom stereocenters. The van der Waals surface area contributed by atoms with Crippen molar-refractivity contribution >= 4 is 30.6 Å². The van der Waals surface area contributed by atoms with Gasteiger partial charge in [-0.05, 0) is 23.0 Å². The van der Waals surface area contributed by atoms with Gasteiger partial charge in [0.1, 0.15) is 10.7 Å². The summed E-state index contributed by atoms with van der Waals surface area (Å²) in [6.45, 7) is -0.716. The van der Waals surface area contributed by atoms with Gasteiger partial charge in [-0.2, -0.15) is 8.42 Å². The van der Waals surface area contributed by atoms with Crippen LogP contribution < -0.4 is 0 Å². The van der Waals surface area contributed by atoms with Crippen molar-refractivity contribution in [2.24, 2.45) is 0 Å². The summed E-state index contributed by atoms with van der Waals surface area (Å²) < 4.78 is 55.4. The summed E-state index contributed by atoms with van der Waals surface area (Å²) in [4.78, 5) is -0.306. The highest BCUT2D eigenvalue weighted by Gasteiger charge is 2.24. The van der Waals surface area contributed by atoms with Crippen LogP contribution in [0.15, 0.2) is 28.0 Å². The first-order valence-electron chi connectivity index (χ1n) is 4.24. The first kappa shape index (κ1) is 14.5. The lowest BCUT2D eigenvalue weighted by atomic mass is 10.3. The van der Waals surface area contributed by atoms with E-state index in [0.717, 1.165) is 17.8 Å². The monoisotopic (exact) mass is 299 g/mol. The molecule has 0 heterocycles. The lowest BCUT2D eigenvalue weighted by Gasteiger charge is -2.08. The van der Waals surface area contributed by atoms with Gasteiger partial charge < -0.3 is 0 Å². The fourth-order valence-electron chi connectivity index (χ4n) is 1.06. The minimum absolute atomic E-state index is 0.231. The van der Waals surface area contributed by atoms with Gasteiger partial charge in [-0.15, -0.1) is 16.3 Å². The molecule has 1 rings (SSSR count). The maximum Gasteiger partial charge on any atom is 0.496 e. The van der Waals surface area contributed by atoms with Crippen LogP contribution in [0.3, 0.4) is 0 Å². The summed E-state index contributed by atoms with van der Waals surface area (Å²) in [7, 11) is -5.40. The summed E-state index contributed by atoms with van der Waals surface area (Å²) in [6, 6.07) is 3.88. The van der Waals surface area contributed by atoms with E-state index in [1.54, 1.807) is 6.26 Å². The number of thioether (sulfide) groups is 1. The molecule has 0 fully saturated rings. The zero-order valence-electron chi connectivity index (χ0n) is 8.67. The van der Waals surface area contributed by atoms with E-state index in [2.05, 4.69) is 8.71 Å². The van der Waals surface area contributed by atoms with Gasteiger partial charge in [0.15, 0.2) is 0 Å². The molecule has 5 nitrogen and oxygen atoms in total. The molecule has 0 spiro atoms. The summed E-state index contributed by atoms with van der Waals surface area (Å²) >= 11 is 1.08. The molecule has 0 N–H and O–H groups in total. The third-order valence-electron chi connectivity index (χ3n) is 1.72. The fraction of sp³-hybridized carbons (Fsp3) is 0.250. The minimum Gasteiger partial charge on any atom is -0.232 e. The van der Waals surface area contributed by atoms with Crippen molar-refractivity contribution in [3.8, 4) is 0 Å². The van der Waals surface area contributed by atoms with Crippen molar-refractivity contribution in [2.45, 2.75) is 9.79 Å². The van der Waals surface area contributed by atoms with Gasteiger partial charge in [-0.25, -0.2) is 8.57 Å². The van der Waals surface area contributed by atoms with Crippen LogP contribution in [-0.2, 0) is 23.4 Å².